The van der Waals surface area contributed by atoms with Crippen molar-refractivity contribution in [2.45, 2.75) is 98.1 Å². The van der Waals surface area contributed by atoms with Crippen LogP contribution in [0.3, 0.4) is 0 Å². The molecule has 5 heteroatoms. The van der Waals surface area contributed by atoms with Crippen molar-refractivity contribution in [2.24, 2.45) is 46.3 Å². The first kappa shape index (κ1) is 29.4. The first-order valence-corrected chi connectivity index (χ1v) is 16.1. The molecule has 8 unspecified atom stereocenters. The maximum Gasteiger partial charge on any atom is 0.338 e. The van der Waals surface area contributed by atoms with E-state index in [2.05, 4.69) is 55.4 Å². The standard InChI is InChI=1S/C37H48O5/c1-22(2)34-21-35(23(3)4,29-28(34)36(24(5)6)19-20-37(29,42-36)25(7)8)31(41-33(39)27-17-13-10-14-18-27)30(34)40-32(38)26-15-11-9-12-16-26/h9-18,22-25,28-31H,19-21H2,1-8H3. The van der Waals surface area contributed by atoms with E-state index in [1.165, 1.54) is 0 Å². The highest BCUT2D eigenvalue weighted by atomic mass is 16.6. The van der Waals surface area contributed by atoms with E-state index in [-0.39, 0.29) is 46.8 Å². The molecule has 42 heavy (non-hydrogen) atoms. The number of fused-ring (bicyclic) bond motifs is 9. The molecule has 4 aliphatic rings. The molecular weight excluding hydrogens is 524 g/mol. The van der Waals surface area contributed by atoms with Crippen LogP contribution >= 0.6 is 0 Å². The molecule has 0 aromatic heterocycles. The highest BCUT2D eigenvalue weighted by molar-refractivity contribution is 5.90. The topological polar surface area (TPSA) is 61.8 Å². The van der Waals surface area contributed by atoms with Gasteiger partial charge in [0.1, 0.15) is 12.2 Å². The molecule has 0 spiro atoms. The second-order valence-corrected chi connectivity index (χ2v) is 14.9. The second-order valence-electron chi connectivity index (χ2n) is 14.9. The zero-order chi connectivity index (χ0) is 30.2. The SMILES string of the molecule is CC(C)C12CCC(C(C)C)(O1)C1C2C2(C(C)C)CC1(C(C)C)C(OC(=O)c1ccccc1)C2OC(=O)c1ccccc1. The van der Waals surface area contributed by atoms with E-state index < -0.39 is 23.0 Å². The molecular formula is C37H48O5. The molecule has 6 rings (SSSR count). The minimum atomic E-state index is -0.579. The van der Waals surface area contributed by atoms with E-state index >= 15 is 0 Å². The lowest BCUT2D eigenvalue weighted by molar-refractivity contribution is -0.176. The summed E-state index contributed by atoms with van der Waals surface area (Å²) in [5, 5.41) is 0. The van der Waals surface area contributed by atoms with Gasteiger partial charge in [-0.2, -0.15) is 0 Å². The van der Waals surface area contributed by atoms with Crippen LogP contribution in [0.1, 0.15) is 95.4 Å². The highest BCUT2D eigenvalue weighted by Crippen LogP contribution is 2.84. The lowest BCUT2D eigenvalue weighted by atomic mass is 9.47. The monoisotopic (exact) mass is 572 g/mol. The zero-order valence-electron chi connectivity index (χ0n) is 26.6. The summed E-state index contributed by atoms with van der Waals surface area (Å²) in [6.07, 6.45) is 1.73. The Labute approximate surface area is 251 Å². The lowest BCUT2D eigenvalue weighted by Gasteiger charge is -2.57. The Morgan fingerprint density at radius 2 is 0.976 bits per heavy atom. The number of hydrogen-bond acceptors (Lipinski definition) is 5. The van der Waals surface area contributed by atoms with Gasteiger partial charge in [-0.25, -0.2) is 9.59 Å². The van der Waals surface area contributed by atoms with Crippen LogP contribution in [-0.2, 0) is 14.2 Å². The van der Waals surface area contributed by atoms with Crippen LogP contribution in [0, 0.1) is 46.3 Å². The Morgan fingerprint density at radius 3 is 1.29 bits per heavy atom. The molecule has 4 bridgehead atoms. The summed E-state index contributed by atoms with van der Waals surface area (Å²) in [5.74, 6) is 0.667. The molecule has 0 amide bonds. The molecule has 2 aromatic rings. The number of carbonyl (C=O) groups is 2. The van der Waals surface area contributed by atoms with Crippen LogP contribution in [0.15, 0.2) is 60.7 Å². The number of carbonyl (C=O) groups excluding carboxylic acids is 2. The third-order valence-corrected chi connectivity index (χ3v) is 12.4. The van der Waals surface area contributed by atoms with E-state index in [4.69, 9.17) is 14.2 Å². The summed E-state index contributed by atoms with van der Waals surface area (Å²) in [6.45, 7) is 18.3. The molecule has 4 fully saturated rings. The molecule has 2 saturated carbocycles. The van der Waals surface area contributed by atoms with Gasteiger partial charge in [0.15, 0.2) is 0 Å². The van der Waals surface area contributed by atoms with E-state index in [9.17, 15) is 9.59 Å². The van der Waals surface area contributed by atoms with Crippen LogP contribution in [-0.4, -0.2) is 35.3 Å². The first-order chi connectivity index (χ1) is 19.9. The lowest BCUT2D eigenvalue weighted by Crippen LogP contribution is -2.65. The normalized spacial score (nSPS) is 38.1. The summed E-state index contributed by atoms with van der Waals surface area (Å²) in [5.41, 5.74) is -0.374. The maximum absolute atomic E-state index is 13.9. The van der Waals surface area contributed by atoms with Crippen molar-refractivity contribution in [3.05, 3.63) is 71.8 Å². The molecule has 5 nitrogen and oxygen atoms in total. The zero-order valence-corrected chi connectivity index (χ0v) is 26.6. The van der Waals surface area contributed by atoms with E-state index in [1.807, 2.05) is 36.4 Å². The Balaban J connectivity index is 1.56. The molecule has 0 radical (unpaired) electrons. The Kier molecular flexibility index (Phi) is 6.96. The van der Waals surface area contributed by atoms with Crippen LogP contribution in [0.25, 0.3) is 0 Å². The van der Waals surface area contributed by atoms with Crippen LogP contribution in [0.2, 0.25) is 0 Å². The fourth-order valence-corrected chi connectivity index (χ4v) is 10.4. The van der Waals surface area contributed by atoms with Gasteiger partial charge >= 0.3 is 11.9 Å². The third kappa shape index (κ3) is 3.64. The minimum Gasteiger partial charge on any atom is -0.454 e. The predicted octanol–water partition coefficient (Wildman–Crippen LogP) is 7.99. The van der Waals surface area contributed by atoms with Gasteiger partial charge in [-0.05, 0) is 67.2 Å². The average molecular weight is 573 g/mol. The van der Waals surface area contributed by atoms with Crippen LogP contribution in [0.4, 0.5) is 0 Å². The molecule has 2 aromatic carbocycles. The molecule has 2 aliphatic heterocycles. The second kappa shape index (κ2) is 9.94. The number of benzene rings is 2. The number of ether oxygens (including phenoxy) is 3. The molecule has 2 aliphatic carbocycles. The van der Waals surface area contributed by atoms with Gasteiger partial charge in [-0.15, -0.1) is 0 Å². The van der Waals surface area contributed by atoms with E-state index in [1.54, 1.807) is 24.3 Å². The largest absolute Gasteiger partial charge is 0.454 e. The molecule has 0 N–H and O–H groups in total. The summed E-state index contributed by atoms with van der Waals surface area (Å²) in [4.78, 5) is 27.7. The smallest absolute Gasteiger partial charge is 0.338 e. The van der Waals surface area contributed by atoms with E-state index in [0.29, 0.717) is 23.0 Å². The number of hydrogen-bond donors (Lipinski definition) is 0. The van der Waals surface area contributed by atoms with Crippen molar-refractivity contribution in [1.29, 1.82) is 0 Å². The Hall–Kier alpha value is -2.66. The van der Waals surface area contributed by atoms with E-state index in [0.717, 1.165) is 19.3 Å². The fourth-order valence-electron chi connectivity index (χ4n) is 10.4. The van der Waals surface area contributed by atoms with Crippen molar-refractivity contribution >= 4 is 11.9 Å². The average Bonchev–Trinajstić information content (AvgIpc) is 3.69. The third-order valence-electron chi connectivity index (χ3n) is 12.4. The summed E-state index contributed by atoms with van der Waals surface area (Å²) in [7, 11) is 0. The molecule has 8 atom stereocenters. The van der Waals surface area contributed by atoms with Gasteiger partial charge in [0.05, 0.1) is 22.3 Å². The van der Waals surface area contributed by atoms with Gasteiger partial charge in [-0.3, -0.25) is 0 Å². The van der Waals surface area contributed by atoms with Gasteiger partial charge < -0.3 is 14.2 Å². The summed E-state index contributed by atoms with van der Waals surface area (Å²) >= 11 is 0. The quantitative estimate of drug-likeness (QED) is 0.300. The van der Waals surface area contributed by atoms with Crippen molar-refractivity contribution < 1.29 is 23.8 Å². The molecule has 2 saturated heterocycles. The highest BCUT2D eigenvalue weighted by Gasteiger charge is 2.88. The van der Waals surface area contributed by atoms with Crippen molar-refractivity contribution in [3.63, 3.8) is 0 Å². The summed E-state index contributed by atoms with van der Waals surface area (Å²) in [6, 6.07) is 18.4. The predicted molar refractivity (Wildman–Crippen MR) is 163 cm³/mol. The number of esters is 2. The Morgan fingerprint density at radius 1 is 0.619 bits per heavy atom. The van der Waals surface area contributed by atoms with Crippen LogP contribution < -0.4 is 0 Å². The van der Waals surface area contributed by atoms with Crippen molar-refractivity contribution in [3.8, 4) is 0 Å². The van der Waals surface area contributed by atoms with Gasteiger partial charge in [0.25, 0.3) is 0 Å². The molecule has 2 heterocycles. The van der Waals surface area contributed by atoms with Crippen molar-refractivity contribution in [1.82, 2.24) is 0 Å². The Bertz CT molecular complexity index is 1230. The minimum absolute atomic E-state index is 0.183. The first-order valence-electron chi connectivity index (χ1n) is 16.1. The van der Waals surface area contributed by atoms with Crippen LogP contribution in [0.5, 0.6) is 0 Å². The van der Waals surface area contributed by atoms with Gasteiger partial charge in [0.2, 0.25) is 0 Å². The maximum atomic E-state index is 13.9. The van der Waals surface area contributed by atoms with Gasteiger partial charge in [-0.1, -0.05) is 91.8 Å². The van der Waals surface area contributed by atoms with Crippen molar-refractivity contribution in [2.75, 3.05) is 0 Å². The molecule has 226 valence electrons. The van der Waals surface area contributed by atoms with Gasteiger partial charge in [0, 0.05) is 22.7 Å². The fraction of sp³-hybridized carbons (Fsp3) is 0.622. The summed E-state index contributed by atoms with van der Waals surface area (Å²) < 4.78 is 20.8. The number of rotatable bonds is 8.